The van der Waals surface area contributed by atoms with Gasteiger partial charge in [-0.05, 0) is 25.8 Å². The molecule has 0 radical (unpaired) electrons. The van der Waals surface area contributed by atoms with E-state index in [9.17, 15) is 4.79 Å². The van der Waals surface area contributed by atoms with Gasteiger partial charge in [-0.2, -0.15) is 10.2 Å². The van der Waals surface area contributed by atoms with Crippen LogP contribution in [0.25, 0.3) is 0 Å². The van der Waals surface area contributed by atoms with Crippen molar-refractivity contribution >= 4 is 5.91 Å². The van der Waals surface area contributed by atoms with Crippen LogP contribution >= 0.6 is 0 Å². The summed E-state index contributed by atoms with van der Waals surface area (Å²) in [7, 11) is 0. The topological polar surface area (TPSA) is 64.6 Å². The number of morpholine rings is 1. The molecular formula is C14H19N3O3. The molecule has 1 amide bonds. The largest absolute Gasteiger partial charge is 0.376 e. The van der Waals surface area contributed by atoms with E-state index >= 15 is 0 Å². The van der Waals surface area contributed by atoms with Crippen LogP contribution in [0.1, 0.15) is 30.1 Å². The molecule has 0 aromatic carbocycles. The van der Waals surface area contributed by atoms with E-state index < -0.39 is 0 Å². The lowest BCUT2D eigenvalue weighted by Gasteiger charge is -2.39. The van der Waals surface area contributed by atoms with Crippen molar-refractivity contribution in [3.8, 4) is 0 Å². The van der Waals surface area contributed by atoms with Crippen LogP contribution in [0, 0.1) is 0 Å². The number of hydrogen-bond acceptors (Lipinski definition) is 5. The highest BCUT2D eigenvalue weighted by Crippen LogP contribution is 2.32. The number of hydrogen-bond donors (Lipinski definition) is 0. The zero-order valence-corrected chi connectivity index (χ0v) is 11.6. The quantitative estimate of drug-likeness (QED) is 0.821. The van der Waals surface area contributed by atoms with Crippen LogP contribution in [-0.2, 0) is 9.47 Å². The van der Waals surface area contributed by atoms with Crippen molar-refractivity contribution < 1.29 is 14.3 Å². The lowest BCUT2D eigenvalue weighted by Crippen LogP contribution is -2.53. The van der Waals surface area contributed by atoms with Crippen LogP contribution in [0.2, 0.25) is 0 Å². The summed E-state index contributed by atoms with van der Waals surface area (Å²) in [6, 6.07) is 1.82. The third-order valence-electron chi connectivity index (χ3n) is 4.01. The summed E-state index contributed by atoms with van der Waals surface area (Å²) >= 11 is 0. The van der Waals surface area contributed by atoms with Crippen LogP contribution in [0.5, 0.6) is 0 Å². The average Bonchev–Trinajstić information content (AvgIpc) is 2.91. The van der Waals surface area contributed by atoms with Gasteiger partial charge >= 0.3 is 0 Å². The Kier molecular flexibility index (Phi) is 3.93. The van der Waals surface area contributed by atoms with E-state index in [1.807, 2.05) is 11.8 Å². The van der Waals surface area contributed by atoms with E-state index in [1.165, 1.54) is 6.20 Å². The summed E-state index contributed by atoms with van der Waals surface area (Å²) in [4.78, 5) is 14.5. The minimum atomic E-state index is 0.00227. The molecule has 1 saturated carbocycles. The molecule has 108 valence electrons. The van der Waals surface area contributed by atoms with Gasteiger partial charge < -0.3 is 14.4 Å². The van der Waals surface area contributed by atoms with Crippen LogP contribution in [0.4, 0.5) is 0 Å². The SMILES string of the molecule is CCO[C@@H]1CC[C@H]2[C@H]1OCCN2C(=O)c1ccnnc1. The van der Waals surface area contributed by atoms with Gasteiger partial charge in [0.1, 0.15) is 6.10 Å². The molecule has 20 heavy (non-hydrogen) atoms. The number of ether oxygens (including phenoxy) is 2. The minimum Gasteiger partial charge on any atom is -0.376 e. The second-order valence-electron chi connectivity index (χ2n) is 5.10. The molecule has 1 aromatic rings. The fraction of sp³-hybridized carbons (Fsp3) is 0.643. The van der Waals surface area contributed by atoms with Crippen LogP contribution < -0.4 is 0 Å². The van der Waals surface area contributed by atoms with Gasteiger partial charge in [-0.15, -0.1) is 0 Å². The lowest BCUT2D eigenvalue weighted by atomic mass is 10.1. The Bertz CT molecular complexity index is 468. The highest BCUT2D eigenvalue weighted by molar-refractivity contribution is 5.94. The third kappa shape index (κ3) is 2.41. The van der Waals surface area contributed by atoms with Gasteiger partial charge in [-0.3, -0.25) is 4.79 Å². The molecule has 2 aliphatic rings. The van der Waals surface area contributed by atoms with E-state index in [1.54, 1.807) is 12.3 Å². The standard InChI is InChI=1S/C14H19N3O3/c1-2-19-12-4-3-11-13(12)20-8-7-17(11)14(18)10-5-6-15-16-9-10/h5-6,9,11-13H,2-4,7-8H2,1H3/t11-,12+,13+/m0/s1. The van der Waals surface area contributed by atoms with Crippen molar-refractivity contribution in [1.29, 1.82) is 0 Å². The van der Waals surface area contributed by atoms with Gasteiger partial charge in [0, 0.05) is 13.2 Å². The number of aromatic nitrogens is 2. The Morgan fingerprint density at radius 2 is 2.40 bits per heavy atom. The summed E-state index contributed by atoms with van der Waals surface area (Å²) in [5.41, 5.74) is 0.584. The Labute approximate surface area is 118 Å². The van der Waals surface area contributed by atoms with Crippen LogP contribution in [0.3, 0.4) is 0 Å². The van der Waals surface area contributed by atoms with Crippen molar-refractivity contribution in [2.24, 2.45) is 0 Å². The second-order valence-corrected chi connectivity index (χ2v) is 5.10. The van der Waals surface area contributed by atoms with Gasteiger partial charge in [-0.1, -0.05) is 0 Å². The molecule has 6 heteroatoms. The van der Waals surface area contributed by atoms with E-state index in [4.69, 9.17) is 9.47 Å². The summed E-state index contributed by atoms with van der Waals surface area (Å²) in [5.74, 6) is 0.00958. The first kappa shape index (κ1) is 13.5. The molecule has 2 fully saturated rings. The number of amides is 1. The molecule has 3 atom stereocenters. The molecule has 1 aliphatic carbocycles. The predicted octanol–water partition coefficient (Wildman–Crippen LogP) is 0.885. The maximum Gasteiger partial charge on any atom is 0.255 e. The summed E-state index contributed by atoms with van der Waals surface area (Å²) in [6.07, 6.45) is 5.05. The zero-order chi connectivity index (χ0) is 13.9. The molecular weight excluding hydrogens is 258 g/mol. The van der Waals surface area contributed by atoms with E-state index in [2.05, 4.69) is 10.2 Å². The maximum atomic E-state index is 12.6. The first-order valence-electron chi connectivity index (χ1n) is 7.12. The monoisotopic (exact) mass is 277 g/mol. The van der Waals surface area contributed by atoms with Gasteiger partial charge in [0.25, 0.3) is 5.91 Å². The summed E-state index contributed by atoms with van der Waals surface area (Å²) in [6.45, 7) is 3.86. The van der Waals surface area contributed by atoms with E-state index in [0.29, 0.717) is 25.3 Å². The molecule has 1 saturated heterocycles. The Morgan fingerprint density at radius 1 is 1.50 bits per heavy atom. The Hall–Kier alpha value is -1.53. The number of carbonyl (C=O) groups is 1. The van der Waals surface area contributed by atoms with E-state index in [-0.39, 0.29) is 24.2 Å². The molecule has 0 bridgehead atoms. The molecule has 0 spiro atoms. The predicted molar refractivity (Wildman–Crippen MR) is 71.2 cm³/mol. The molecule has 3 rings (SSSR count). The molecule has 2 heterocycles. The van der Waals surface area contributed by atoms with Crippen molar-refractivity contribution in [3.63, 3.8) is 0 Å². The van der Waals surface area contributed by atoms with Crippen molar-refractivity contribution in [1.82, 2.24) is 15.1 Å². The highest BCUT2D eigenvalue weighted by atomic mass is 16.5. The first-order chi connectivity index (χ1) is 9.81. The number of fused-ring (bicyclic) bond motifs is 1. The van der Waals surface area contributed by atoms with Crippen molar-refractivity contribution in [3.05, 3.63) is 24.0 Å². The number of rotatable bonds is 3. The summed E-state index contributed by atoms with van der Waals surface area (Å²) in [5, 5.41) is 7.49. The van der Waals surface area contributed by atoms with Gasteiger partial charge in [0.05, 0.1) is 36.7 Å². The minimum absolute atomic E-state index is 0.00227. The number of carbonyl (C=O) groups excluding carboxylic acids is 1. The van der Waals surface area contributed by atoms with Crippen molar-refractivity contribution in [2.75, 3.05) is 19.8 Å². The zero-order valence-electron chi connectivity index (χ0n) is 11.6. The van der Waals surface area contributed by atoms with Crippen molar-refractivity contribution in [2.45, 2.75) is 38.0 Å². The molecule has 1 aliphatic heterocycles. The van der Waals surface area contributed by atoms with Crippen LogP contribution in [0.15, 0.2) is 18.5 Å². The Morgan fingerprint density at radius 3 is 3.15 bits per heavy atom. The lowest BCUT2D eigenvalue weighted by molar-refractivity contribution is -0.102. The molecule has 6 nitrogen and oxygen atoms in total. The molecule has 0 unspecified atom stereocenters. The highest BCUT2D eigenvalue weighted by Gasteiger charge is 2.44. The fourth-order valence-electron chi connectivity index (χ4n) is 3.14. The molecule has 1 aromatic heterocycles. The van der Waals surface area contributed by atoms with Gasteiger partial charge in [-0.25, -0.2) is 0 Å². The maximum absolute atomic E-state index is 12.6. The van der Waals surface area contributed by atoms with Gasteiger partial charge in [0.2, 0.25) is 0 Å². The smallest absolute Gasteiger partial charge is 0.255 e. The average molecular weight is 277 g/mol. The van der Waals surface area contributed by atoms with E-state index in [0.717, 1.165) is 12.8 Å². The third-order valence-corrected chi connectivity index (χ3v) is 4.01. The fourth-order valence-corrected chi connectivity index (χ4v) is 3.14. The normalized spacial score (nSPS) is 29.2. The molecule has 0 N–H and O–H groups in total. The Balaban J connectivity index is 1.76. The first-order valence-corrected chi connectivity index (χ1v) is 7.12. The second kappa shape index (κ2) is 5.85. The summed E-state index contributed by atoms with van der Waals surface area (Å²) < 4.78 is 11.6. The number of nitrogens with zero attached hydrogens (tertiary/aromatic N) is 3. The van der Waals surface area contributed by atoms with Gasteiger partial charge in [0.15, 0.2) is 0 Å². The van der Waals surface area contributed by atoms with Crippen LogP contribution in [-0.4, -0.2) is 59.0 Å².